The number of hydrogen-bond donors (Lipinski definition) is 0. The number of thiazole rings is 1. The molecule has 2 saturated heterocycles. The molecule has 0 aliphatic carbocycles. The van der Waals surface area contributed by atoms with Gasteiger partial charge in [0, 0.05) is 25.8 Å². The average molecular weight is 439 g/mol. The Morgan fingerprint density at radius 3 is 2.84 bits per heavy atom. The maximum atomic E-state index is 13.0. The van der Waals surface area contributed by atoms with E-state index in [-0.39, 0.29) is 17.9 Å². The highest BCUT2D eigenvalue weighted by molar-refractivity contribution is 7.22. The van der Waals surface area contributed by atoms with Gasteiger partial charge in [-0.2, -0.15) is 4.98 Å². The molecule has 0 radical (unpaired) electrons. The van der Waals surface area contributed by atoms with Crippen LogP contribution in [0.25, 0.3) is 10.3 Å². The van der Waals surface area contributed by atoms with Crippen LogP contribution in [0.5, 0.6) is 5.88 Å². The van der Waals surface area contributed by atoms with E-state index in [0.29, 0.717) is 31.2 Å². The normalized spacial score (nSPS) is 19.7. The lowest BCUT2D eigenvalue weighted by molar-refractivity contribution is -0.120. The monoisotopic (exact) mass is 438 g/mol. The second kappa shape index (κ2) is 9.28. The summed E-state index contributed by atoms with van der Waals surface area (Å²) in [5, 5.41) is 0.836. The number of ketones is 1. The fourth-order valence-corrected chi connectivity index (χ4v) is 5.32. The number of rotatable bonds is 7. The van der Waals surface area contributed by atoms with Crippen molar-refractivity contribution in [2.24, 2.45) is 0 Å². The Morgan fingerprint density at radius 2 is 2.00 bits per heavy atom. The summed E-state index contributed by atoms with van der Waals surface area (Å²) in [6.45, 7) is 2.27. The standard InChI is InChI=1S/C23H26N4O3S/c28-19(9-8-16-5-2-1-3-6-16)18-7-4-12-27(18)23-26-21-20(31-23)22(25-15-24-21)30-17-10-13-29-14-11-17/h1-3,5-6,15,17-18H,4,7-14H2/t18-/m1/s1. The van der Waals surface area contributed by atoms with Gasteiger partial charge >= 0.3 is 0 Å². The Hall–Kier alpha value is -2.58. The summed E-state index contributed by atoms with van der Waals surface area (Å²) in [7, 11) is 0. The number of aromatic nitrogens is 3. The number of carbonyl (C=O) groups is 1. The molecule has 0 bridgehead atoms. The molecule has 2 aliphatic rings. The summed E-state index contributed by atoms with van der Waals surface area (Å²) in [4.78, 5) is 28.6. The van der Waals surface area contributed by atoms with Crippen molar-refractivity contribution in [1.82, 2.24) is 15.0 Å². The first-order valence-electron chi connectivity index (χ1n) is 11.0. The van der Waals surface area contributed by atoms with Gasteiger partial charge in [-0.05, 0) is 24.8 Å². The Bertz CT molecular complexity index is 1040. The van der Waals surface area contributed by atoms with Gasteiger partial charge in [-0.25, -0.2) is 9.97 Å². The van der Waals surface area contributed by atoms with Crippen LogP contribution >= 0.6 is 11.3 Å². The second-order valence-corrected chi connectivity index (χ2v) is 9.04. The molecule has 0 saturated carbocycles. The van der Waals surface area contributed by atoms with Crippen molar-refractivity contribution in [3.05, 3.63) is 42.2 Å². The van der Waals surface area contributed by atoms with E-state index in [9.17, 15) is 4.79 Å². The van der Waals surface area contributed by atoms with Crippen molar-refractivity contribution in [1.29, 1.82) is 0 Å². The van der Waals surface area contributed by atoms with Gasteiger partial charge in [0.2, 0.25) is 5.88 Å². The fourth-order valence-electron chi connectivity index (χ4n) is 4.29. The lowest BCUT2D eigenvalue weighted by atomic mass is 10.0. The van der Waals surface area contributed by atoms with Crippen LogP contribution in [-0.4, -0.2) is 52.6 Å². The van der Waals surface area contributed by atoms with Gasteiger partial charge in [0.05, 0.1) is 19.3 Å². The van der Waals surface area contributed by atoms with E-state index in [1.807, 2.05) is 18.2 Å². The lowest BCUT2D eigenvalue weighted by Gasteiger charge is -2.23. The summed E-state index contributed by atoms with van der Waals surface area (Å²) in [6, 6.07) is 10.1. The molecule has 0 unspecified atom stereocenters. The van der Waals surface area contributed by atoms with Gasteiger partial charge < -0.3 is 14.4 Å². The van der Waals surface area contributed by atoms with Crippen molar-refractivity contribution in [3.8, 4) is 5.88 Å². The first-order valence-corrected chi connectivity index (χ1v) is 11.8. The summed E-state index contributed by atoms with van der Waals surface area (Å²) in [5.41, 5.74) is 1.84. The van der Waals surface area contributed by atoms with Crippen molar-refractivity contribution < 1.29 is 14.3 Å². The number of Topliss-reactive ketones (excluding diaryl/α,β-unsaturated/α-hetero) is 1. The third kappa shape index (κ3) is 4.55. The zero-order valence-electron chi connectivity index (χ0n) is 17.4. The molecule has 1 aromatic carbocycles. The maximum absolute atomic E-state index is 13.0. The average Bonchev–Trinajstić information content (AvgIpc) is 3.46. The minimum atomic E-state index is -0.114. The number of carbonyl (C=O) groups excluding carboxylic acids is 1. The molecule has 7 nitrogen and oxygen atoms in total. The lowest BCUT2D eigenvalue weighted by Crippen LogP contribution is -2.36. The van der Waals surface area contributed by atoms with Gasteiger partial charge in [-0.15, -0.1) is 0 Å². The van der Waals surface area contributed by atoms with E-state index in [0.717, 1.165) is 48.5 Å². The highest BCUT2D eigenvalue weighted by Gasteiger charge is 2.33. The highest BCUT2D eigenvalue weighted by atomic mass is 32.1. The number of aryl methyl sites for hydroxylation is 1. The van der Waals surface area contributed by atoms with Gasteiger partial charge in [0.1, 0.15) is 17.1 Å². The molecule has 2 fully saturated rings. The second-order valence-electron chi connectivity index (χ2n) is 8.06. The van der Waals surface area contributed by atoms with Crippen molar-refractivity contribution in [2.75, 3.05) is 24.7 Å². The maximum Gasteiger partial charge on any atom is 0.236 e. The molecule has 1 atom stereocenters. The zero-order valence-corrected chi connectivity index (χ0v) is 18.2. The third-order valence-electron chi connectivity index (χ3n) is 5.97. The van der Waals surface area contributed by atoms with E-state index in [1.54, 1.807) is 0 Å². The Kier molecular flexibility index (Phi) is 6.08. The predicted molar refractivity (Wildman–Crippen MR) is 120 cm³/mol. The number of nitrogens with zero attached hydrogens (tertiary/aromatic N) is 4. The van der Waals surface area contributed by atoms with Gasteiger partial charge in [0.15, 0.2) is 16.6 Å². The molecule has 8 heteroatoms. The first-order chi connectivity index (χ1) is 15.3. The SMILES string of the molecule is O=C(CCc1ccccc1)[C@H]1CCCN1c1nc2ncnc(OC3CCOCC3)c2s1. The minimum absolute atomic E-state index is 0.108. The first kappa shape index (κ1) is 20.3. The number of benzene rings is 1. The molecule has 0 amide bonds. The zero-order chi connectivity index (χ0) is 21.0. The summed E-state index contributed by atoms with van der Waals surface area (Å²) >= 11 is 1.53. The fraction of sp³-hybridized carbons (Fsp3) is 0.478. The van der Waals surface area contributed by atoms with E-state index >= 15 is 0 Å². The third-order valence-corrected chi connectivity index (χ3v) is 7.04. The Labute approximate surface area is 185 Å². The van der Waals surface area contributed by atoms with E-state index < -0.39 is 0 Å². The van der Waals surface area contributed by atoms with Crippen LogP contribution in [0.2, 0.25) is 0 Å². The molecule has 2 aromatic heterocycles. The quantitative estimate of drug-likeness (QED) is 0.555. The molecule has 2 aliphatic heterocycles. The Balaban J connectivity index is 1.32. The minimum Gasteiger partial charge on any atom is -0.473 e. The van der Waals surface area contributed by atoms with Crippen LogP contribution in [0.1, 0.15) is 37.7 Å². The summed E-state index contributed by atoms with van der Waals surface area (Å²) in [6.07, 6.45) is 6.54. The van der Waals surface area contributed by atoms with Crippen molar-refractivity contribution in [2.45, 2.75) is 50.7 Å². The van der Waals surface area contributed by atoms with Gasteiger partial charge in [0.25, 0.3) is 0 Å². The molecule has 5 rings (SSSR count). The number of ether oxygens (including phenoxy) is 2. The highest BCUT2D eigenvalue weighted by Crippen LogP contribution is 2.37. The molecular formula is C23H26N4O3S. The molecule has 0 N–H and O–H groups in total. The van der Waals surface area contributed by atoms with Crippen LogP contribution in [-0.2, 0) is 16.0 Å². The molecule has 162 valence electrons. The van der Waals surface area contributed by atoms with E-state index in [1.165, 1.54) is 23.2 Å². The van der Waals surface area contributed by atoms with Gasteiger partial charge in [-0.3, -0.25) is 4.79 Å². The number of anilines is 1. The van der Waals surface area contributed by atoms with Crippen molar-refractivity contribution in [3.63, 3.8) is 0 Å². The number of hydrogen-bond acceptors (Lipinski definition) is 8. The molecule has 3 aromatic rings. The van der Waals surface area contributed by atoms with E-state index in [2.05, 4.69) is 27.0 Å². The molecule has 4 heterocycles. The summed E-state index contributed by atoms with van der Waals surface area (Å²) in [5.74, 6) is 0.872. The van der Waals surface area contributed by atoms with Crippen molar-refractivity contribution >= 4 is 32.6 Å². The Morgan fingerprint density at radius 1 is 1.16 bits per heavy atom. The van der Waals surface area contributed by atoms with Gasteiger partial charge in [-0.1, -0.05) is 41.7 Å². The molecule has 31 heavy (non-hydrogen) atoms. The van der Waals surface area contributed by atoms with Crippen LogP contribution in [0.15, 0.2) is 36.7 Å². The predicted octanol–water partition coefficient (Wildman–Crippen LogP) is 3.81. The van der Waals surface area contributed by atoms with Crippen LogP contribution in [0, 0.1) is 0 Å². The summed E-state index contributed by atoms with van der Waals surface area (Å²) < 4.78 is 12.4. The smallest absolute Gasteiger partial charge is 0.236 e. The molecular weight excluding hydrogens is 412 g/mol. The molecule has 0 spiro atoms. The van der Waals surface area contributed by atoms with Crippen LogP contribution in [0.3, 0.4) is 0 Å². The number of fused-ring (bicyclic) bond motifs is 1. The van der Waals surface area contributed by atoms with Crippen LogP contribution in [0.4, 0.5) is 5.13 Å². The topological polar surface area (TPSA) is 77.4 Å². The van der Waals surface area contributed by atoms with E-state index in [4.69, 9.17) is 14.5 Å². The largest absolute Gasteiger partial charge is 0.473 e. The van der Waals surface area contributed by atoms with Crippen LogP contribution < -0.4 is 9.64 Å².